The minimum atomic E-state index is -4.31. The molecule has 1 aromatic rings. The second-order valence-electron chi connectivity index (χ2n) is 4.44. The number of halogens is 3. The lowest BCUT2D eigenvalue weighted by Gasteiger charge is -2.08. The van der Waals surface area contributed by atoms with Crippen molar-refractivity contribution in [2.75, 3.05) is 13.1 Å². The molecule has 1 aromatic heterocycles. The molecule has 1 saturated carbocycles. The van der Waals surface area contributed by atoms with Crippen LogP contribution in [-0.2, 0) is 12.7 Å². The maximum absolute atomic E-state index is 12.3. The van der Waals surface area contributed by atoms with Gasteiger partial charge < -0.3 is 10.6 Å². The van der Waals surface area contributed by atoms with Gasteiger partial charge in [0.15, 0.2) is 0 Å². The zero-order valence-electron chi connectivity index (χ0n) is 9.93. The van der Waals surface area contributed by atoms with E-state index in [4.69, 9.17) is 0 Å². The molecule has 0 aliphatic heterocycles. The van der Waals surface area contributed by atoms with Crippen LogP contribution in [0.25, 0.3) is 0 Å². The van der Waals surface area contributed by atoms with Crippen LogP contribution in [0.4, 0.5) is 13.2 Å². The van der Waals surface area contributed by atoms with E-state index in [2.05, 4.69) is 15.6 Å². The summed E-state index contributed by atoms with van der Waals surface area (Å²) in [6.07, 6.45) is -0.937. The second-order valence-corrected chi connectivity index (χ2v) is 4.44. The van der Waals surface area contributed by atoms with Crippen molar-refractivity contribution in [3.05, 3.63) is 29.6 Å². The Balaban J connectivity index is 1.69. The Kier molecular flexibility index (Phi) is 4.19. The van der Waals surface area contributed by atoms with E-state index in [9.17, 15) is 13.2 Å². The van der Waals surface area contributed by atoms with E-state index in [1.807, 2.05) is 0 Å². The Morgan fingerprint density at radius 2 is 2.00 bits per heavy atom. The van der Waals surface area contributed by atoms with E-state index >= 15 is 0 Å². The number of alkyl halides is 3. The molecule has 18 heavy (non-hydrogen) atoms. The topological polar surface area (TPSA) is 37.0 Å². The first kappa shape index (κ1) is 13.3. The van der Waals surface area contributed by atoms with Crippen LogP contribution in [0.1, 0.15) is 24.1 Å². The van der Waals surface area contributed by atoms with E-state index in [1.54, 1.807) is 0 Å². The van der Waals surface area contributed by atoms with Crippen molar-refractivity contribution < 1.29 is 13.2 Å². The quantitative estimate of drug-likeness (QED) is 0.767. The normalized spacial score (nSPS) is 15.9. The molecular formula is C12H16F3N3. The van der Waals surface area contributed by atoms with Gasteiger partial charge in [-0.1, -0.05) is 0 Å². The summed E-state index contributed by atoms with van der Waals surface area (Å²) < 4.78 is 36.9. The molecule has 0 aromatic carbocycles. The van der Waals surface area contributed by atoms with Gasteiger partial charge in [-0.3, -0.25) is 4.98 Å². The van der Waals surface area contributed by atoms with Crippen LogP contribution in [0.3, 0.4) is 0 Å². The molecule has 6 heteroatoms. The maximum atomic E-state index is 12.3. The van der Waals surface area contributed by atoms with Gasteiger partial charge in [0.05, 0.1) is 11.3 Å². The van der Waals surface area contributed by atoms with Gasteiger partial charge in [0.2, 0.25) is 0 Å². The number of aromatic nitrogens is 1. The summed E-state index contributed by atoms with van der Waals surface area (Å²) in [6.45, 7) is 2.16. The Morgan fingerprint density at radius 1 is 1.22 bits per heavy atom. The molecule has 0 unspecified atom stereocenters. The van der Waals surface area contributed by atoms with Crippen molar-refractivity contribution in [1.29, 1.82) is 0 Å². The third-order valence-corrected chi connectivity index (χ3v) is 2.77. The van der Waals surface area contributed by atoms with Crippen LogP contribution < -0.4 is 10.6 Å². The minimum absolute atomic E-state index is 0.491. The molecule has 2 N–H and O–H groups in total. The standard InChI is InChI=1S/C12H16F3N3/c13-12(14,15)9-1-2-11(18-7-9)8-16-5-6-17-10-3-4-10/h1-2,7,10,16-17H,3-6,8H2. The average molecular weight is 259 g/mol. The lowest BCUT2D eigenvalue weighted by atomic mass is 10.2. The van der Waals surface area contributed by atoms with Crippen LogP contribution in [0.5, 0.6) is 0 Å². The van der Waals surface area contributed by atoms with Crippen molar-refractivity contribution in [3.63, 3.8) is 0 Å². The van der Waals surface area contributed by atoms with E-state index < -0.39 is 11.7 Å². The number of rotatable bonds is 6. The number of pyridine rings is 1. The smallest absolute Gasteiger partial charge is 0.313 e. The summed E-state index contributed by atoms with van der Waals surface area (Å²) in [4.78, 5) is 3.79. The average Bonchev–Trinajstić information content (AvgIpc) is 3.12. The molecule has 0 saturated heterocycles. The highest BCUT2D eigenvalue weighted by atomic mass is 19.4. The summed E-state index contributed by atoms with van der Waals surface area (Å²) in [5.74, 6) is 0. The van der Waals surface area contributed by atoms with Crippen molar-refractivity contribution in [3.8, 4) is 0 Å². The molecule has 1 heterocycles. The van der Waals surface area contributed by atoms with Gasteiger partial charge in [-0.15, -0.1) is 0 Å². The van der Waals surface area contributed by atoms with Gasteiger partial charge in [0.25, 0.3) is 0 Å². The van der Waals surface area contributed by atoms with E-state index in [1.165, 1.54) is 18.9 Å². The maximum Gasteiger partial charge on any atom is 0.417 e. The molecule has 0 atom stereocenters. The first-order valence-electron chi connectivity index (χ1n) is 6.02. The van der Waals surface area contributed by atoms with Crippen LogP contribution in [0.15, 0.2) is 18.3 Å². The highest BCUT2D eigenvalue weighted by molar-refractivity contribution is 5.16. The fourth-order valence-corrected chi connectivity index (χ4v) is 1.57. The SMILES string of the molecule is FC(F)(F)c1ccc(CNCCNC2CC2)nc1. The predicted molar refractivity (Wildman–Crippen MR) is 62.0 cm³/mol. The molecule has 3 nitrogen and oxygen atoms in total. The van der Waals surface area contributed by atoms with E-state index in [-0.39, 0.29) is 0 Å². The molecule has 1 aliphatic carbocycles. The molecule has 1 aliphatic rings. The summed E-state index contributed by atoms with van der Waals surface area (Å²) in [5, 5.41) is 6.48. The monoisotopic (exact) mass is 259 g/mol. The molecule has 0 radical (unpaired) electrons. The number of hydrogen-bond acceptors (Lipinski definition) is 3. The Labute approximate surface area is 104 Å². The highest BCUT2D eigenvalue weighted by Crippen LogP contribution is 2.28. The molecule has 100 valence electrons. The Bertz CT molecular complexity index is 371. The Hall–Kier alpha value is -1.14. The third-order valence-electron chi connectivity index (χ3n) is 2.77. The van der Waals surface area contributed by atoms with E-state index in [0.29, 0.717) is 18.3 Å². The van der Waals surface area contributed by atoms with Gasteiger partial charge >= 0.3 is 6.18 Å². The van der Waals surface area contributed by atoms with Gasteiger partial charge in [-0.05, 0) is 25.0 Å². The lowest BCUT2D eigenvalue weighted by Crippen LogP contribution is -2.28. The first-order chi connectivity index (χ1) is 8.55. The molecule has 0 amide bonds. The van der Waals surface area contributed by atoms with Crippen molar-refractivity contribution in [1.82, 2.24) is 15.6 Å². The van der Waals surface area contributed by atoms with Crippen molar-refractivity contribution >= 4 is 0 Å². The first-order valence-corrected chi connectivity index (χ1v) is 6.02. The van der Waals surface area contributed by atoms with Crippen molar-refractivity contribution in [2.24, 2.45) is 0 Å². The van der Waals surface area contributed by atoms with E-state index in [0.717, 1.165) is 25.4 Å². The largest absolute Gasteiger partial charge is 0.417 e. The van der Waals surface area contributed by atoms with Crippen LogP contribution in [-0.4, -0.2) is 24.1 Å². The summed E-state index contributed by atoms with van der Waals surface area (Å²) in [7, 11) is 0. The van der Waals surface area contributed by atoms with Gasteiger partial charge in [-0.2, -0.15) is 13.2 Å². The van der Waals surface area contributed by atoms with Crippen molar-refractivity contribution in [2.45, 2.75) is 31.6 Å². The van der Waals surface area contributed by atoms with Crippen LogP contribution in [0.2, 0.25) is 0 Å². The zero-order valence-corrected chi connectivity index (χ0v) is 9.93. The highest BCUT2D eigenvalue weighted by Gasteiger charge is 2.30. The summed E-state index contributed by atoms with van der Waals surface area (Å²) in [6, 6.07) is 3.15. The van der Waals surface area contributed by atoms with Gasteiger partial charge in [-0.25, -0.2) is 0 Å². The molecule has 1 fully saturated rings. The second kappa shape index (κ2) is 5.67. The number of nitrogens with one attached hydrogen (secondary N) is 2. The molecular weight excluding hydrogens is 243 g/mol. The Morgan fingerprint density at radius 3 is 2.56 bits per heavy atom. The lowest BCUT2D eigenvalue weighted by molar-refractivity contribution is -0.137. The molecule has 2 rings (SSSR count). The fraction of sp³-hybridized carbons (Fsp3) is 0.583. The van der Waals surface area contributed by atoms with Crippen LogP contribution >= 0.6 is 0 Å². The number of hydrogen-bond donors (Lipinski definition) is 2. The zero-order chi connectivity index (χ0) is 13.0. The van der Waals surface area contributed by atoms with Gasteiger partial charge in [0.1, 0.15) is 0 Å². The molecule has 0 spiro atoms. The van der Waals surface area contributed by atoms with Gasteiger partial charge in [0, 0.05) is 31.9 Å². The molecule has 0 bridgehead atoms. The predicted octanol–water partition coefficient (Wildman–Crippen LogP) is 1.94. The third kappa shape index (κ3) is 4.27. The number of nitrogens with zero attached hydrogens (tertiary/aromatic N) is 1. The fourth-order valence-electron chi connectivity index (χ4n) is 1.57. The minimum Gasteiger partial charge on any atom is -0.313 e. The van der Waals surface area contributed by atoms with Crippen LogP contribution in [0, 0.1) is 0 Å². The summed E-state index contributed by atoms with van der Waals surface area (Å²) >= 11 is 0. The summed E-state index contributed by atoms with van der Waals surface area (Å²) in [5.41, 5.74) is -0.0870.